The molecule has 0 aliphatic carbocycles. The van der Waals surface area contributed by atoms with Crippen LogP contribution in [0.25, 0.3) is 0 Å². The molecule has 0 bridgehead atoms. The molecule has 2 heterocycles. The summed E-state index contributed by atoms with van der Waals surface area (Å²) in [6.07, 6.45) is 2.03. The van der Waals surface area contributed by atoms with Crippen LogP contribution in [-0.2, 0) is 6.54 Å². The van der Waals surface area contributed by atoms with Gasteiger partial charge in [0.05, 0.1) is 0 Å². The zero-order valence-electron chi connectivity index (χ0n) is 13.6. The van der Waals surface area contributed by atoms with Gasteiger partial charge in [-0.3, -0.25) is 9.88 Å². The van der Waals surface area contributed by atoms with E-state index >= 15 is 0 Å². The largest absolute Gasteiger partial charge is 0.311 e. The minimum atomic E-state index is 0.600. The zero-order chi connectivity index (χ0) is 14.7. The smallest absolute Gasteiger partial charge is 0.0372 e. The van der Waals surface area contributed by atoms with E-state index in [2.05, 4.69) is 55.0 Å². The SMILES string of the molecule is Cc1ccc(CN2CC(C(C)C)NCC2C(C)C)cn1. The van der Waals surface area contributed by atoms with E-state index in [1.807, 2.05) is 13.1 Å². The quantitative estimate of drug-likeness (QED) is 0.916. The first-order valence-corrected chi connectivity index (χ1v) is 7.86. The molecule has 2 unspecified atom stereocenters. The molecule has 20 heavy (non-hydrogen) atoms. The van der Waals surface area contributed by atoms with Crippen molar-refractivity contribution in [1.82, 2.24) is 15.2 Å². The van der Waals surface area contributed by atoms with E-state index in [4.69, 9.17) is 0 Å². The van der Waals surface area contributed by atoms with E-state index in [0.29, 0.717) is 23.9 Å². The number of aromatic nitrogens is 1. The zero-order valence-corrected chi connectivity index (χ0v) is 13.6. The topological polar surface area (TPSA) is 28.2 Å². The van der Waals surface area contributed by atoms with Crippen LogP contribution in [0.2, 0.25) is 0 Å². The molecule has 0 amide bonds. The Morgan fingerprint density at radius 3 is 2.55 bits per heavy atom. The molecule has 2 rings (SSSR count). The van der Waals surface area contributed by atoms with E-state index in [-0.39, 0.29) is 0 Å². The van der Waals surface area contributed by atoms with Gasteiger partial charge in [0.25, 0.3) is 0 Å². The predicted octanol–water partition coefficient (Wildman–Crippen LogP) is 2.84. The van der Waals surface area contributed by atoms with Crippen LogP contribution in [0.15, 0.2) is 18.3 Å². The molecule has 1 aliphatic heterocycles. The lowest BCUT2D eigenvalue weighted by Gasteiger charge is -2.43. The van der Waals surface area contributed by atoms with E-state index < -0.39 is 0 Å². The molecule has 1 N–H and O–H groups in total. The maximum Gasteiger partial charge on any atom is 0.0372 e. The molecule has 0 saturated carbocycles. The Morgan fingerprint density at radius 2 is 2.00 bits per heavy atom. The molecule has 0 radical (unpaired) electrons. The van der Waals surface area contributed by atoms with Crippen LogP contribution >= 0.6 is 0 Å². The van der Waals surface area contributed by atoms with Gasteiger partial charge < -0.3 is 5.32 Å². The van der Waals surface area contributed by atoms with Crippen LogP contribution in [0.4, 0.5) is 0 Å². The summed E-state index contributed by atoms with van der Waals surface area (Å²) < 4.78 is 0. The van der Waals surface area contributed by atoms with Crippen molar-refractivity contribution in [3.05, 3.63) is 29.6 Å². The van der Waals surface area contributed by atoms with Gasteiger partial charge in [-0.05, 0) is 30.4 Å². The lowest BCUT2D eigenvalue weighted by Crippen LogP contribution is -2.59. The highest BCUT2D eigenvalue weighted by molar-refractivity contribution is 5.13. The summed E-state index contributed by atoms with van der Waals surface area (Å²) in [5, 5.41) is 3.72. The highest BCUT2D eigenvalue weighted by Gasteiger charge is 2.30. The molecular formula is C17H29N3. The molecule has 0 aromatic carbocycles. The first-order chi connectivity index (χ1) is 9.47. The fraction of sp³-hybridized carbons (Fsp3) is 0.706. The van der Waals surface area contributed by atoms with Gasteiger partial charge in [-0.2, -0.15) is 0 Å². The fourth-order valence-electron chi connectivity index (χ4n) is 2.97. The Balaban J connectivity index is 2.08. The lowest BCUT2D eigenvalue weighted by molar-refractivity contribution is 0.0783. The van der Waals surface area contributed by atoms with E-state index in [1.165, 1.54) is 5.56 Å². The molecule has 3 nitrogen and oxygen atoms in total. The first-order valence-electron chi connectivity index (χ1n) is 7.86. The second kappa shape index (κ2) is 6.68. The van der Waals surface area contributed by atoms with E-state index in [0.717, 1.165) is 25.3 Å². The van der Waals surface area contributed by atoms with Gasteiger partial charge in [0.2, 0.25) is 0 Å². The number of nitrogens with one attached hydrogen (secondary N) is 1. The maximum absolute atomic E-state index is 4.43. The molecule has 112 valence electrons. The summed E-state index contributed by atoms with van der Waals surface area (Å²) in [5.74, 6) is 1.36. The summed E-state index contributed by atoms with van der Waals surface area (Å²) in [6, 6.07) is 5.54. The van der Waals surface area contributed by atoms with Crippen molar-refractivity contribution >= 4 is 0 Å². The Bertz CT molecular complexity index is 411. The van der Waals surface area contributed by atoms with Gasteiger partial charge in [0, 0.05) is 43.6 Å². The van der Waals surface area contributed by atoms with Gasteiger partial charge in [-0.1, -0.05) is 33.8 Å². The lowest BCUT2D eigenvalue weighted by atomic mass is 9.94. The van der Waals surface area contributed by atoms with Gasteiger partial charge in [0.1, 0.15) is 0 Å². The summed E-state index contributed by atoms with van der Waals surface area (Å²) >= 11 is 0. The van der Waals surface area contributed by atoms with Gasteiger partial charge in [-0.15, -0.1) is 0 Å². The Labute approximate surface area is 123 Å². The van der Waals surface area contributed by atoms with Crippen molar-refractivity contribution in [1.29, 1.82) is 0 Å². The Morgan fingerprint density at radius 1 is 1.25 bits per heavy atom. The van der Waals surface area contributed by atoms with Gasteiger partial charge >= 0.3 is 0 Å². The molecule has 0 spiro atoms. The van der Waals surface area contributed by atoms with Crippen LogP contribution in [0, 0.1) is 18.8 Å². The summed E-state index contributed by atoms with van der Waals surface area (Å²) in [6.45, 7) is 14.5. The second-order valence-electron chi connectivity index (χ2n) is 6.81. The van der Waals surface area contributed by atoms with Crippen LogP contribution in [-0.4, -0.2) is 35.1 Å². The van der Waals surface area contributed by atoms with Crippen molar-refractivity contribution in [2.24, 2.45) is 11.8 Å². The minimum absolute atomic E-state index is 0.600. The predicted molar refractivity (Wildman–Crippen MR) is 84.6 cm³/mol. The number of rotatable bonds is 4. The molecule has 1 aliphatic rings. The standard InChI is InChI=1S/C17H29N3/c1-12(2)16-11-20(17(9-19-16)13(3)4)10-15-7-6-14(5)18-8-15/h6-8,12-13,16-17,19H,9-11H2,1-5H3. The van der Waals surface area contributed by atoms with Gasteiger partial charge in [0.15, 0.2) is 0 Å². The van der Waals surface area contributed by atoms with Crippen LogP contribution < -0.4 is 5.32 Å². The van der Waals surface area contributed by atoms with Crippen LogP contribution in [0.1, 0.15) is 39.0 Å². The average molecular weight is 275 g/mol. The highest BCUT2D eigenvalue weighted by atomic mass is 15.2. The molecule has 1 fully saturated rings. The molecule has 1 saturated heterocycles. The molecule has 1 aromatic rings. The monoisotopic (exact) mass is 275 g/mol. The molecule has 1 aromatic heterocycles. The van der Waals surface area contributed by atoms with Crippen molar-refractivity contribution in [3.63, 3.8) is 0 Å². The van der Waals surface area contributed by atoms with Gasteiger partial charge in [-0.25, -0.2) is 0 Å². The molecule has 2 atom stereocenters. The molecule has 3 heteroatoms. The van der Waals surface area contributed by atoms with Crippen LogP contribution in [0.5, 0.6) is 0 Å². The number of aryl methyl sites for hydroxylation is 1. The summed E-state index contributed by atoms with van der Waals surface area (Å²) in [7, 11) is 0. The third-order valence-corrected chi connectivity index (χ3v) is 4.42. The number of hydrogen-bond donors (Lipinski definition) is 1. The number of nitrogens with zero attached hydrogens (tertiary/aromatic N) is 2. The number of pyridine rings is 1. The van der Waals surface area contributed by atoms with E-state index in [9.17, 15) is 0 Å². The van der Waals surface area contributed by atoms with Crippen molar-refractivity contribution in [2.45, 2.75) is 53.2 Å². The first kappa shape index (κ1) is 15.5. The highest BCUT2D eigenvalue weighted by Crippen LogP contribution is 2.20. The second-order valence-corrected chi connectivity index (χ2v) is 6.81. The number of piperazine rings is 1. The van der Waals surface area contributed by atoms with Crippen molar-refractivity contribution in [3.8, 4) is 0 Å². The Hall–Kier alpha value is -0.930. The average Bonchev–Trinajstić information content (AvgIpc) is 2.41. The summed E-state index contributed by atoms with van der Waals surface area (Å²) in [4.78, 5) is 7.06. The minimum Gasteiger partial charge on any atom is -0.311 e. The number of hydrogen-bond acceptors (Lipinski definition) is 3. The fourth-order valence-corrected chi connectivity index (χ4v) is 2.97. The maximum atomic E-state index is 4.43. The third-order valence-electron chi connectivity index (χ3n) is 4.42. The normalized spacial score (nSPS) is 24.6. The summed E-state index contributed by atoms with van der Waals surface area (Å²) in [5.41, 5.74) is 2.42. The van der Waals surface area contributed by atoms with Crippen molar-refractivity contribution in [2.75, 3.05) is 13.1 Å². The van der Waals surface area contributed by atoms with Crippen molar-refractivity contribution < 1.29 is 0 Å². The third kappa shape index (κ3) is 3.80. The van der Waals surface area contributed by atoms with Crippen LogP contribution in [0.3, 0.4) is 0 Å². The Kier molecular flexibility index (Phi) is 5.17. The molecular weight excluding hydrogens is 246 g/mol. The van der Waals surface area contributed by atoms with E-state index in [1.54, 1.807) is 0 Å².